The second-order valence-electron chi connectivity index (χ2n) is 8.14. The Kier molecular flexibility index (Phi) is 8.99. The fourth-order valence-electron chi connectivity index (χ4n) is 3.73. The van der Waals surface area contributed by atoms with Crippen molar-refractivity contribution in [1.29, 1.82) is 0 Å². The van der Waals surface area contributed by atoms with E-state index >= 15 is 0 Å². The molecule has 1 N–H and O–H groups in total. The van der Waals surface area contributed by atoms with Gasteiger partial charge in [-0.3, -0.25) is 9.10 Å². The molecule has 1 amide bonds. The minimum Gasteiger partial charge on any atom is -0.354 e. The van der Waals surface area contributed by atoms with Crippen LogP contribution in [0.4, 0.5) is 10.1 Å². The number of aryl methyl sites for hydroxylation is 1. The highest BCUT2D eigenvalue weighted by molar-refractivity contribution is 7.99. The van der Waals surface area contributed by atoms with Crippen molar-refractivity contribution in [1.82, 2.24) is 5.32 Å². The summed E-state index contributed by atoms with van der Waals surface area (Å²) in [6.07, 6.45) is 7.35. The lowest BCUT2D eigenvalue weighted by Gasteiger charge is -2.24. The second-order valence-corrected chi connectivity index (χ2v) is 11.4. The van der Waals surface area contributed by atoms with Crippen LogP contribution in [0.2, 0.25) is 0 Å². The first-order valence-electron chi connectivity index (χ1n) is 11.1. The summed E-state index contributed by atoms with van der Waals surface area (Å²) < 4.78 is 41.0. The third-order valence-corrected chi connectivity index (χ3v) is 8.82. The maximum Gasteiger partial charge on any atom is 0.264 e. The minimum absolute atomic E-state index is 0.0871. The van der Waals surface area contributed by atoms with E-state index < -0.39 is 15.8 Å². The van der Waals surface area contributed by atoms with E-state index in [0.29, 0.717) is 6.54 Å². The Hall–Kier alpha value is -2.06. The number of amides is 1. The topological polar surface area (TPSA) is 66.5 Å². The van der Waals surface area contributed by atoms with Crippen LogP contribution in [0.25, 0.3) is 0 Å². The van der Waals surface area contributed by atoms with Gasteiger partial charge in [-0.2, -0.15) is 11.8 Å². The molecule has 8 heteroatoms. The Morgan fingerprint density at radius 2 is 1.72 bits per heavy atom. The number of hydrogen-bond acceptors (Lipinski definition) is 4. The predicted octanol–water partition coefficient (Wildman–Crippen LogP) is 4.90. The molecule has 0 bridgehead atoms. The monoisotopic (exact) mass is 478 g/mol. The van der Waals surface area contributed by atoms with Crippen LogP contribution < -0.4 is 9.62 Å². The van der Waals surface area contributed by atoms with Gasteiger partial charge < -0.3 is 5.32 Å². The van der Waals surface area contributed by atoms with Crippen LogP contribution in [-0.2, 0) is 14.8 Å². The van der Waals surface area contributed by atoms with Crippen LogP contribution in [0, 0.1) is 12.7 Å². The summed E-state index contributed by atoms with van der Waals surface area (Å²) in [6.45, 7) is 2.01. The highest BCUT2D eigenvalue weighted by Gasteiger charge is 2.27. The highest BCUT2D eigenvalue weighted by atomic mass is 32.2. The van der Waals surface area contributed by atoms with Gasteiger partial charge in [-0.15, -0.1) is 0 Å². The van der Waals surface area contributed by atoms with Crippen molar-refractivity contribution in [2.45, 2.75) is 55.6 Å². The number of rotatable bonds is 10. The van der Waals surface area contributed by atoms with Crippen molar-refractivity contribution in [2.75, 3.05) is 23.1 Å². The molecule has 5 nitrogen and oxygen atoms in total. The molecular formula is C24H31FN2O3S2. The van der Waals surface area contributed by atoms with Gasteiger partial charge in [0.1, 0.15) is 12.4 Å². The first-order chi connectivity index (χ1) is 15.4. The van der Waals surface area contributed by atoms with Crippen LogP contribution in [0.3, 0.4) is 0 Å². The fraction of sp³-hybridized carbons (Fsp3) is 0.458. The zero-order valence-corrected chi connectivity index (χ0v) is 20.1. The van der Waals surface area contributed by atoms with Gasteiger partial charge in [-0.25, -0.2) is 12.8 Å². The van der Waals surface area contributed by atoms with Gasteiger partial charge >= 0.3 is 0 Å². The molecule has 0 heterocycles. The van der Waals surface area contributed by atoms with Gasteiger partial charge in [0.15, 0.2) is 0 Å². The minimum atomic E-state index is -3.98. The summed E-state index contributed by atoms with van der Waals surface area (Å²) in [5.41, 5.74) is 1.18. The van der Waals surface area contributed by atoms with Gasteiger partial charge in [0.05, 0.1) is 10.6 Å². The Labute approximate surface area is 194 Å². The van der Waals surface area contributed by atoms with E-state index in [-0.39, 0.29) is 23.0 Å². The molecule has 0 unspecified atom stereocenters. The highest BCUT2D eigenvalue weighted by Crippen LogP contribution is 2.28. The summed E-state index contributed by atoms with van der Waals surface area (Å²) in [5.74, 6) is 0.128. The molecule has 2 aromatic carbocycles. The van der Waals surface area contributed by atoms with Crippen LogP contribution in [0.1, 0.15) is 44.1 Å². The number of benzene rings is 2. The molecule has 0 spiro atoms. The molecule has 32 heavy (non-hydrogen) atoms. The third-order valence-electron chi connectivity index (χ3n) is 5.56. The van der Waals surface area contributed by atoms with Crippen LogP contribution in [-0.4, -0.2) is 38.4 Å². The number of thioether (sulfide) groups is 1. The van der Waals surface area contributed by atoms with E-state index in [4.69, 9.17) is 0 Å². The molecule has 0 aromatic heterocycles. The quantitative estimate of drug-likeness (QED) is 0.493. The van der Waals surface area contributed by atoms with Crippen molar-refractivity contribution >= 4 is 33.4 Å². The first-order valence-corrected chi connectivity index (χ1v) is 13.6. The van der Waals surface area contributed by atoms with E-state index in [2.05, 4.69) is 5.32 Å². The maximum absolute atomic E-state index is 13.4. The molecule has 0 atom stereocenters. The molecule has 0 saturated heterocycles. The standard InChI is InChI=1S/C24H31FN2O3S2/c1-19-8-14-23(15-9-19)32(29,30)27(21-12-10-20(25)11-13-21)18-24(28)26-16-5-17-31-22-6-3-2-4-7-22/h8-15,22H,2-7,16-18H2,1H3,(H,26,28). The number of nitrogens with one attached hydrogen (secondary N) is 1. The summed E-state index contributed by atoms with van der Waals surface area (Å²) in [6, 6.07) is 11.6. The molecule has 2 aromatic rings. The Bertz CT molecular complexity index is 973. The number of carbonyl (C=O) groups is 1. The van der Waals surface area contributed by atoms with E-state index in [1.54, 1.807) is 12.1 Å². The number of anilines is 1. The van der Waals surface area contributed by atoms with Gasteiger partial charge in [0.25, 0.3) is 10.0 Å². The maximum atomic E-state index is 13.4. The molecule has 1 aliphatic carbocycles. The van der Waals surface area contributed by atoms with E-state index in [9.17, 15) is 17.6 Å². The average molecular weight is 479 g/mol. The third kappa shape index (κ3) is 6.97. The van der Waals surface area contributed by atoms with Gasteiger partial charge in [-0.1, -0.05) is 37.0 Å². The molecule has 1 fully saturated rings. The van der Waals surface area contributed by atoms with Crippen LogP contribution in [0.5, 0.6) is 0 Å². The second kappa shape index (κ2) is 11.7. The predicted molar refractivity (Wildman–Crippen MR) is 129 cm³/mol. The smallest absolute Gasteiger partial charge is 0.264 e. The SMILES string of the molecule is Cc1ccc(S(=O)(=O)N(CC(=O)NCCCSC2CCCCC2)c2ccc(F)cc2)cc1. The van der Waals surface area contributed by atoms with Crippen molar-refractivity contribution < 1.29 is 17.6 Å². The molecular weight excluding hydrogens is 447 g/mol. The summed E-state index contributed by atoms with van der Waals surface area (Å²) in [7, 11) is -3.98. The van der Waals surface area contributed by atoms with Crippen molar-refractivity contribution in [3.63, 3.8) is 0 Å². The number of halogens is 1. The number of carbonyl (C=O) groups excluding carboxylic acids is 1. The lowest BCUT2D eigenvalue weighted by Crippen LogP contribution is -2.41. The van der Waals surface area contributed by atoms with Crippen LogP contribution >= 0.6 is 11.8 Å². The average Bonchev–Trinajstić information content (AvgIpc) is 2.79. The van der Waals surface area contributed by atoms with E-state index in [1.165, 1.54) is 68.5 Å². The van der Waals surface area contributed by atoms with Gasteiger partial charge in [0.2, 0.25) is 5.91 Å². The fourth-order valence-corrected chi connectivity index (χ4v) is 6.46. The Morgan fingerprint density at radius 1 is 1.06 bits per heavy atom. The first kappa shape index (κ1) is 24.6. The van der Waals surface area contributed by atoms with Gasteiger partial charge in [0, 0.05) is 11.8 Å². The van der Waals surface area contributed by atoms with Crippen molar-refractivity contribution in [3.8, 4) is 0 Å². The zero-order valence-electron chi connectivity index (χ0n) is 18.4. The zero-order chi connectivity index (χ0) is 23.0. The molecule has 1 saturated carbocycles. The lowest BCUT2D eigenvalue weighted by atomic mass is 10.0. The van der Waals surface area contributed by atoms with Gasteiger partial charge in [-0.05, 0) is 68.3 Å². The summed E-state index contributed by atoms with van der Waals surface area (Å²) in [5, 5.41) is 3.56. The largest absolute Gasteiger partial charge is 0.354 e. The summed E-state index contributed by atoms with van der Waals surface area (Å²) >= 11 is 1.97. The van der Waals surface area contributed by atoms with E-state index in [0.717, 1.165) is 27.3 Å². The number of nitrogens with zero attached hydrogens (tertiary/aromatic N) is 1. The molecule has 1 aliphatic rings. The number of sulfonamides is 1. The van der Waals surface area contributed by atoms with Crippen LogP contribution in [0.15, 0.2) is 53.4 Å². The normalized spacial score (nSPS) is 14.8. The van der Waals surface area contributed by atoms with Crippen molar-refractivity contribution in [3.05, 3.63) is 59.9 Å². The summed E-state index contributed by atoms with van der Waals surface area (Å²) in [4.78, 5) is 12.7. The lowest BCUT2D eigenvalue weighted by molar-refractivity contribution is -0.119. The Morgan fingerprint density at radius 3 is 2.38 bits per heavy atom. The molecule has 3 rings (SSSR count). The number of hydrogen-bond donors (Lipinski definition) is 1. The Balaban J connectivity index is 1.61. The molecule has 174 valence electrons. The molecule has 0 radical (unpaired) electrons. The van der Waals surface area contributed by atoms with E-state index in [1.807, 2.05) is 18.7 Å². The van der Waals surface area contributed by atoms with Crippen molar-refractivity contribution in [2.24, 2.45) is 0 Å². The molecule has 0 aliphatic heterocycles.